The quantitative estimate of drug-likeness (QED) is 0.376. The van der Waals surface area contributed by atoms with Crippen LogP contribution in [0.25, 0.3) is 0 Å². The van der Waals surface area contributed by atoms with E-state index in [4.69, 9.17) is 4.74 Å². The van der Waals surface area contributed by atoms with Crippen LogP contribution >= 0.6 is 0 Å². The summed E-state index contributed by atoms with van der Waals surface area (Å²) in [5.74, 6) is -3.70. The van der Waals surface area contributed by atoms with Gasteiger partial charge in [-0.3, -0.25) is 24.0 Å². The van der Waals surface area contributed by atoms with Crippen molar-refractivity contribution >= 4 is 29.4 Å². The molecular weight excluding hydrogens is 400 g/mol. The number of esters is 1. The van der Waals surface area contributed by atoms with Crippen LogP contribution in [-0.4, -0.2) is 48.5 Å². The molecule has 176 valence electrons. The van der Waals surface area contributed by atoms with Crippen molar-refractivity contribution in [3.63, 3.8) is 0 Å². The summed E-state index contributed by atoms with van der Waals surface area (Å²) in [6.45, 7) is 13.8. The molecule has 31 heavy (non-hydrogen) atoms. The molecule has 3 unspecified atom stereocenters. The summed E-state index contributed by atoms with van der Waals surface area (Å²) in [6, 6.07) is -0.775. The van der Waals surface area contributed by atoms with Gasteiger partial charge in [0.05, 0.1) is 30.9 Å². The number of carbonyl (C=O) groups is 5. The normalized spacial score (nSPS) is 18.7. The zero-order chi connectivity index (χ0) is 23.9. The summed E-state index contributed by atoms with van der Waals surface area (Å²) in [5.41, 5.74) is -0.173. The largest absolute Gasteiger partial charge is 0.465 e. The third-order valence-electron chi connectivity index (χ3n) is 5.16. The van der Waals surface area contributed by atoms with E-state index < -0.39 is 35.5 Å². The van der Waals surface area contributed by atoms with Gasteiger partial charge < -0.3 is 15.4 Å². The topological polar surface area (TPSA) is 119 Å². The molecule has 0 bridgehead atoms. The second-order valence-electron chi connectivity index (χ2n) is 10.4. The third kappa shape index (κ3) is 9.19. The van der Waals surface area contributed by atoms with Crippen LogP contribution in [0.2, 0.25) is 0 Å². The van der Waals surface area contributed by atoms with Gasteiger partial charge in [-0.25, -0.2) is 0 Å². The molecule has 2 N–H and O–H groups in total. The predicted molar refractivity (Wildman–Crippen MR) is 116 cm³/mol. The number of ketones is 2. The maximum absolute atomic E-state index is 13.0. The number of hydrogen-bond donors (Lipinski definition) is 2. The fourth-order valence-corrected chi connectivity index (χ4v) is 3.32. The molecule has 0 aliphatic carbocycles. The molecule has 8 heteroatoms. The predicted octanol–water partition coefficient (Wildman–Crippen LogP) is 2.04. The van der Waals surface area contributed by atoms with Crippen LogP contribution in [0.1, 0.15) is 67.7 Å². The van der Waals surface area contributed by atoms with E-state index in [0.29, 0.717) is 6.42 Å². The average molecular weight is 439 g/mol. The summed E-state index contributed by atoms with van der Waals surface area (Å²) < 4.78 is 5.30. The minimum Gasteiger partial charge on any atom is -0.465 e. The summed E-state index contributed by atoms with van der Waals surface area (Å²) in [4.78, 5) is 61.3. The first-order chi connectivity index (χ1) is 14.2. The Bertz CT molecular complexity index is 693. The minimum absolute atomic E-state index is 0.0678. The Kier molecular flexibility index (Phi) is 9.84. The molecule has 3 atom stereocenters. The Morgan fingerprint density at radius 2 is 1.74 bits per heavy atom. The molecule has 2 amide bonds. The molecule has 0 aromatic heterocycles. The van der Waals surface area contributed by atoms with Crippen molar-refractivity contribution in [2.75, 3.05) is 13.2 Å². The molecule has 0 aromatic rings. The maximum Gasteiger partial charge on any atom is 0.306 e. The smallest absolute Gasteiger partial charge is 0.306 e. The van der Waals surface area contributed by atoms with E-state index in [9.17, 15) is 24.0 Å². The summed E-state index contributed by atoms with van der Waals surface area (Å²) >= 11 is 0. The standard InChI is InChI=1S/C23H38N2O6/c1-13(2)8-17(18(26)9-15-11-24-22(30)20(15)28)25-21(29)16(14(3)4)10-19(27)31-12-23(5,6)7/h13-17H,8-12H2,1-7H3,(H,24,30)(H,25,29). The number of nitrogens with one attached hydrogen (secondary N) is 2. The van der Waals surface area contributed by atoms with Crippen LogP contribution in [0.3, 0.4) is 0 Å². The molecule has 1 saturated heterocycles. The Hall–Kier alpha value is -2.25. The number of Topliss-reactive ketones (excluding diaryl/α,β-unsaturated/α-hetero) is 2. The van der Waals surface area contributed by atoms with Gasteiger partial charge in [-0.05, 0) is 23.7 Å². The molecule has 0 saturated carbocycles. The third-order valence-corrected chi connectivity index (χ3v) is 5.16. The van der Waals surface area contributed by atoms with Gasteiger partial charge in [0.1, 0.15) is 0 Å². The second-order valence-corrected chi connectivity index (χ2v) is 10.4. The monoisotopic (exact) mass is 438 g/mol. The first-order valence-electron chi connectivity index (χ1n) is 11.0. The van der Waals surface area contributed by atoms with Gasteiger partial charge in [0.2, 0.25) is 11.7 Å². The zero-order valence-corrected chi connectivity index (χ0v) is 19.9. The zero-order valence-electron chi connectivity index (χ0n) is 19.9. The molecule has 0 radical (unpaired) electrons. The molecule has 0 aromatic carbocycles. The summed E-state index contributed by atoms with van der Waals surface area (Å²) in [7, 11) is 0. The van der Waals surface area contributed by atoms with E-state index >= 15 is 0 Å². The number of hydrogen-bond acceptors (Lipinski definition) is 6. The fourth-order valence-electron chi connectivity index (χ4n) is 3.32. The average Bonchev–Trinajstić information content (AvgIpc) is 2.94. The summed E-state index contributed by atoms with van der Waals surface area (Å²) in [5, 5.41) is 5.24. The lowest BCUT2D eigenvalue weighted by Gasteiger charge is -2.26. The Balaban J connectivity index is 2.82. The first-order valence-corrected chi connectivity index (χ1v) is 11.0. The van der Waals surface area contributed by atoms with Crippen LogP contribution in [0.15, 0.2) is 0 Å². The van der Waals surface area contributed by atoms with Crippen molar-refractivity contribution in [2.45, 2.75) is 73.8 Å². The molecule has 0 spiro atoms. The van der Waals surface area contributed by atoms with Crippen molar-refractivity contribution in [1.82, 2.24) is 10.6 Å². The van der Waals surface area contributed by atoms with Crippen molar-refractivity contribution in [3.05, 3.63) is 0 Å². The summed E-state index contributed by atoms with van der Waals surface area (Å²) in [6.07, 6.45) is 0.239. The molecule has 1 fully saturated rings. The highest BCUT2D eigenvalue weighted by atomic mass is 16.5. The Morgan fingerprint density at radius 1 is 1.13 bits per heavy atom. The minimum atomic E-state index is -0.775. The lowest BCUT2D eigenvalue weighted by atomic mass is 9.89. The van der Waals surface area contributed by atoms with E-state index in [0.717, 1.165) is 0 Å². The molecule has 1 heterocycles. The Morgan fingerprint density at radius 3 is 2.19 bits per heavy atom. The molecule has 1 aliphatic rings. The maximum atomic E-state index is 13.0. The van der Waals surface area contributed by atoms with Gasteiger partial charge in [0.15, 0.2) is 5.78 Å². The van der Waals surface area contributed by atoms with E-state index in [2.05, 4.69) is 10.6 Å². The van der Waals surface area contributed by atoms with E-state index in [1.165, 1.54) is 0 Å². The van der Waals surface area contributed by atoms with Crippen LogP contribution in [-0.2, 0) is 28.7 Å². The van der Waals surface area contributed by atoms with Crippen molar-refractivity contribution in [2.24, 2.45) is 29.1 Å². The number of rotatable bonds is 11. The van der Waals surface area contributed by atoms with E-state index in [1.807, 2.05) is 48.5 Å². The lowest BCUT2D eigenvalue weighted by Crippen LogP contribution is -2.46. The van der Waals surface area contributed by atoms with Gasteiger partial charge >= 0.3 is 5.97 Å². The van der Waals surface area contributed by atoms with Crippen molar-refractivity contribution in [3.8, 4) is 0 Å². The van der Waals surface area contributed by atoms with Gasteiger partial charge in [-0.1, -0.05) is 48.5 Å². The molecule has 1 aliphatic heterocycles. The Labute approximate surface area is 185 Å². The lowest BCUT2D eigenvalue weighted by molar-refractivity contribution is -0.150. The van der Waals surface area contributed by atoms with Crippen LogP contribution in [0.4, 0.5) is 0 Å². The van der Waals surface area contributed by atoms with Gasteiger partial charge in [-0.15, -0.1) is 0 Å². The van der Waals surface area contributed by atoms with Crippen molar-refractivity contribution in [1.29, 1.82) is 0 Å². The first kappa shape index (κ1) is 26.8. The van der Waals surface area contributed by atoms with Crippen LogP contribution in [0.5, 0.6) is 0 Å². The van der Waals surface area contributed by atoms with Crippen LogP contribution in [0, 0.1) is 29.1 Å². The highest BCUT2D eigenvalue weighted by Crippen LogP contribution is 2.21. The van der Waals surface area contributed by atoms with Gasteiger partial charge in [0.25, 0.3) is 5.91 Å². The second kappa shape index (κ2) is 11.4. The number of carbonyl (C=O) groups excluding carboxylic acids is 5. The fraction of sp³-hybridized carbons (Fsp3) is 0.783. The number of ether oxygens (including phenoxy) is 1. The van der Waals surface area contributed by atoms with Gasteiger partial charge in [-0.2, -0.15) is 0 Å². The number of amides is 2. The van der Waals surface area contributed by atoms with Gasteiger partial charge in [0, 0.05) is 13.0 Å². The van der Waals surface area contributed by atoms with E-state index in [-0.39, 0.29) is 54.9 Å². The molecule has 1 rings (SSSR count). The van der Waals surface area contributed by atoms with Crippen molar-refractivity contribution < 1.29 is 28.7 Å². The SMILES string of the molecule is CC(C)CC(NC(=O)C(CC(=O)OCC(C)(C)C)C(C)C)C(=O)CC1CNC(=O)C1=O. The highest BCUT2D eigenvalue weighted by molar-refractivity contribution is 6.39. The van der Waals surface area contributed by atoms with Crippen LogP contribution < -0.4 is 10.6 Å². The highest BCUT2D eigenvalue weighted by Gasteiger charge is 2.36. The molecular formula is C23H38N2O6. The van der Waals surface area contributed by atoms with E-state index in [1.54, 1.807) is 0 Å². The molecule has 8 nitrogen and oxygen atoms in total.